The van der Waals surface area contributed by atoms with Gasteiger partial charge in [-0.3, -0.25) is 9.69 Å². The van der Waals surface area contributed by atoms with Crippen molar-refractivity contribution in [3.8, 4) is 5.75 Å². The number of nitrogens with zero attached hydrogens (tertiary/aromatic N) is 2. The van der Waals surface area contributed by atoms with Crippen molar-refractivity contribution in [3.05, 3.63) is 47.0 Å². The quantitative estimate of drug-likeness (QED) is 0.488. The molecule has 0 saturated carbocycles. The van der Waals surface area contributed by atoms with Crippen LogP contribution in [0.2, 0.25) is 5.02 Å². The molecule has 0 radical (unpaired) electrons. The first kappa shape index (κ1) is 23.0. The Morgan fingerprint density at radius 1 is 1.31 bits per heavy atom. The largest absolute Gasteiger partial charge is 0.497 e. The van der Waals surface area contributed by atoms with Crippen LogP contribution in [0.25, 0.3) is 10.2 Å². The standard InChI is InChI=1S/C22H23ClN2O5S2/c1-14-10-15(23)11-19-21(14)24-22(31-19)25(12-17-4-3-9-30-17)20(26)13-32(27,28)18-7-5-16(29-2)6-8-18/h5-8,10-11,17H,3-4,9,12-13H2,1-2H3. The molecular weight excluding hydrogens is 472 g/mol. The molecule has 2 heterocycles. The number of hydrogen-bond acceptors (Lipinski definition) is 7. The third kappa shape index (κ3) is 4.91. The Morgan fingerprint density at radius 3 is 2.72 bits per heavy atom. The van der Waals surface area contributed by atoms with Crippen LogP contribution in [-0.4, -0.2) is 51.4 Å². The summed E-state index contributed by atoms with van der Waals surface area (Å²) in [5.41, 5.74) is 1.64. The van der Waals surface area contributed by atoms with Crippen LogP contribution in [0.15, 0.2) is 41.3 Å². The predicted molar refractivity (Wildman–Crippen MR) is 126 cm³/mol. The SMILES string of the molecule is COc1ccc(S(=O)(=O)CC(=O)N(CC2CCCO2)c2nc3c(C)cc(Cl)cc3s2)cc1. The minimum Gasteiger partial charge on any atom is -0.497 e. The fourth-order valence-corrected chi connectivity index (χ4v) is 6.29. The molecule has 4 rings (SSSR count). The van der Waals surface area contributed by atoms with Gasteiger partial charge in [-0.1, -0.05) is 22.9 Å². The number of anilines is 1. The van der Waals surface area contributed by atoms with Gasteiger partial charge in [0.2, 0.25) is 5.91 Å². The average molecular weight is 495 g/mol. The smallest absolute Gasteiger partial charge is 0.244 e. The van der Waals surface area contributed by atoms with E-state index in [1.165, 1.54) is 35.5 Å². The van der Waals surface area contributed by atoms with Gasteiger partial charge in [0.1, 0.15) is 11.5 Å². The normalized spacial score (nSPS) is 16.4. The third-order valence-electron chi connectivity index (χ3n) is 5.31. The highest BCUT2D eigenvalue weighted by Crippen LogP contribution is 2.34. The highest BCUT2D eigenvalue weighted by molar-refractivity contribution is 7.92. The van der Waals surface area contributed by atoms with Gasteiger partial charge in [-0.05, 0) is 61.7 Å². The second-order valence-electron chi connectivity index (χ2n) is 7.64. The van der Waals surface area contributed by atoms with Crippen molar-refractivity contribution in [3.63, 3.8) is 0 Å². The van der Waals surface area contributed by atoms with Gasteiger partial charge in [-0.2, -0.15) is 0 Å². The second-order valence-corrected chi connectivity index (χ2v) is 11.1. The summed E-state index contributed by atoms with van der Waals surface area (Å²) >= 11 is 7.49. The van der Waals surface area contributed by atoms with Crippen LogP contribution in [0.3, 0.4) is 0 Å². The Hall–Kier alpha value is -2.20. The van der Waals surface area contributed by atoms with Crippen molar-refractivity contribution in [2.24, 2.45) is 0 Å². The van der Waals surface area contributed by atoms with Crippen LogP contribution in [0, 0.1) is 6.92 Å². The topological polar surface area (TPSA) is 85.8 Å². The zero-order valence-electron chi connectivity index (χ0n) is 17.7. The maximum absolute atomic E-state index is 13.3. The van der Waals surface area contributed by atoms with Crippen molar-refractivity contribution in [2.75, 3.05) is 30.9 Å². The number of sulfone groups is 1. The Kier molecular flexibility index (Phi) is 6.71. The van der Waals surface area contributed by atoms with E-state index >= 15 is 0 Å². The number of methoxy groups -OCH3 is 1. The number of ether oxygens (including phenoxy) is 2. The molecule has 1 fully saturated rings. The van der Waals surface area contributed by atoms with E-state index in [1.807, 2.05) is 13.0 Å². The first-order chi connectivity index (χ1) is 15.3. The van der Waals surface area contributed by atoms with Crippen LogP contribution in [0.4, 0.5) is 5.13 Å². The summed E-state index contributed by atoms with van der Waals surface area (Å²) in [5.74, 6) is -0.667. The summed E-state index contributed by atoms with van der Waals surface area (Å²) in [6.45, 7) is 2.78. The van der Waals surface area contributed by atoms with Gasteiger partial charge >= 0.3 is 0 Å². The average Bonchev–Trinajstić information content (AvgIpc) is 3.41. The molecule has 1 atom stereocenters. The molecule has 1 aromatic heterocycles. The van der Waals surface area contributed by atoms with Gasteiger partial charge in [-0.15, -0.1) is 0 Å². The van der Waals surface area contributed by atoms with E-state index in [2.05, 4.69) is 4.98 Å². The Balaban J connectivity index is 1.65. The molecule has 1 aliphatic rings. The fourth-order valence-electron chi connectivity index (χ4n) is 3.64. The van der Waals surface area contributed by atoms with Crippen molar-refractivity contribution in [1.29, 1.82) is 0 Å². The summed E-state index contributed by atoms with van der Waals surface area (Å²) < 4.78 is 37.5. The van der Waals surface area contributed by atoms with Crippen LogP contribution in [-0.2, 0) is 19.4 Å². The lowest BCUT2D eigenvalue weighted by atomic mass is 10.2. The van der Waals surface area contributed by atoms with Gasteiger partial charge in [0.25, 0.3) is 0 Å². The van der Waals surface area contributed by atoms with Crippen LogP contribution in [0.5, 0.6) is 5.75 Å². The molecule has 0 spiro atoms. The van der Waals surface area contributed by atoms with E-state index in [9.17, 15) is 13.2 Å². The van der Waals surface area contributed by atoms with Crippen LogP contribution >= 0.6 is 22.9 Å². The molecule has 2 aromatic carbocycles. The first-order valence-electron chi connectivity index (χ1n) is 10.1. The van der Waals surface area contributed by atoms with Gasteiger partial charge < -0.3 is 9.47 Å². The number of halogens is 1. The highest BCUT2D eigenvalue weighted by atomic mass is 35.5. The number of aryl methyl sites for hydroxylation is 1. The summed E-state index contributed by atoms with van der Waals surface area (Å²) in [7, 11) is -2.35. The minimum absolute atomic E-state index is 0.0654. The zero-order valence-corrected chi connectivity index (χ0v) is 20.1. The monoisotopic (exact) mass is 494 g/mol. The molecule has 0 bridgehead atoms. The molecule has 1 aliphatic heterocycles. The van der Waals surface area contributed by atoms with E-state index < -0.39 is 21.5 Å². The molecule has 10 heteroatoms. The minimum atomic E-state index is -3.85. The number of thiazole rings is 1. The van der Waals surface area contributed by atoms with Crippen LogP contribution < -0.4 is 9.64 Å². The fraction of sp³-hybridized carbons (Fsp3) is 0.364. The second kappa shape index (κ2) is 9.35. The number of amides is 1. The van der Waals surface area contributed by atoms with Crippen LogP contribution in [0.1, 0.15) is 18.4 Å². The van der Waals surface area contributed by atoms with Crippen molar-refractivity contribution in [2.45, 2.75) is 30.8 Å². The number of aromatic nitrogens is 1. The molecule has 3 aromatic rings. The maximum atomic E-state index is 13.3. The number of benzene rings is 2. The Morgan fingerprint density at radius 2 is 2.06 bits per heavy atom. The first-order valence-corrected chi connectivity index (χ1v) is 13.0. The van der Waals surface area contributed by atoms with Gasteiger partial charge in [-0.25, -0.2) is 13.4 Å². The molecule has 1 unspecified atom stereocenters. The molecule has 1 amide bonds. The van der Waals surface area contributed by atoms with Gasteiger partial charge in [0.15, 0.2) is 15.0 Å². The van der Waals surface area contributed by atoms with E-state index in [1.54, 1.807) is 18.2 Å². The van der Waals surface area contributed by atoms with E-state index in [0.717, 1.165) is 28.6 Å². The molecule has 1 saturated heterocycles. The number of fused-ring (bicyclic) bond motifs is 1. The summed E-state index contributed by atoms with van der Waals surface area (Å²) in [6, 6.07) is 9.61. The third-order valence-corrected chi connectivity index (χ3v) is 8.17. The maximum Gasteiger partial charge on any atom is 0.244 e. The molecular formula is C22H23ClN2O5S2. The van der Waals surface area contributed by atoms with Crippen molar-refractivity contribution < 1.29 is 22.7 Å². The lowest BCUT2D eigenvalue weighted by Crippen LogP contribution is -2.40. The molecule has 0 aliphatic carbocycles. The Bertz CT molecular complexity index is 1240. The van der Waals surface area contributed by atoms with E-state index in [0.29, 0.717) is 22.5 Å². The summed E-state index contributed by atoms with van der Waals surface area (Å²) in [4.78, 5) is 19.4. The number of rotatable bonds is 7. The molecule has 0 N–H and O–H groups in total. The number of hydrogen-bond donors (Lipinski definition) is 0. The molecule has 7 nitrogen and oxygen atoms in total. The number of carbonyl (C=O) groups excluding carboxylic acids is 1. The van der Waals surface area contributed by atoms with Crippen molar-refractivity contribution in [1.82, 2.24) is 4.98 Å². The predicted octanol–water partition coefficient (Wildman–Crippen LogP) is 4.25. The zero-order chi connectivity index (χ0) is 22.9. The highest BCUT2D eigenvalue weighted by Gasteiger charge is 2.30. The van der Waals surface area contributed by atoms with E-state index in [-0.39, 0.29) is 17.5 Å². The lowest BCUT2D eigenvalue weighted by Gasteiger charge is -2.23. The summed E-state index contributed by atoms with van der Waals surface area (Å²) in [6.07, 6.45) is 1.57. The van der Waals surface area contributed by atoms with Gasteiger partial charge in [0, 0.05) is 11.6 Å². The lowest BCUT2D eigenvalue weighted by molar-refractivity contribution is -0.116. The molecule has 170 valence electrons. The van der Waals surface area contributed by atoms with Gasteiger partial charge in [0.05, 0.1) is 34.9 Å². The summed E-state index contributed by atoms with van der Waals surface area (Å²) in [5, 5.41) is 1.03. The number of carbonyl (C=O) groups is 1. The Labute approximate surface area is 195 Å². The molecule has 32 heavy (non-hydrogen) atoms. The van der Waals surface area contributed by atoms with Crippen molar-refractivity contribution >= 4 is 54.0 Å². The van der Waals surface area contributed by atoms with E-state index in [4.69, 9.17) is 21.1 Å².